The molecule has 0 spiro atoms. The van der Waals surface area contributed by atoms with Gasteiger partial charge < -0.3 is 5.32 Å². The number of nitrogens with one attached hydrogen (secondary N) is 1. The molecule has 0 aliphatic carbocycles. The maximum atomic E-state index is 12.1. The zero-order valence-electron chi connectivity index (χ0n) is 9.98. The van der Waals surface area contributed by atoms with E-state index in [-0.39, 0.29) is 0 Å². The molecule has 0 aromatic rings. The van der Waals surface area contributed by atoms with Crippen LogP contribution in [0.1, 0.15) is 20.3 Å². The van der Waals surface area contributed by atoms with Crippen molar-refractivity contribution in [3.63, 3.8) is 0 Å². The lowest BCUT2D eigenvalue weighted by atomic mass is 10.4. The quantitative estimate of drug-likeness (QED) is 0.691. The first-order chi connectivity index (χ1) is 7.70. The van der Waals surface area contributed by atoms with Gasteiger partial charge in [-0.3, -0.25) is 9.05 Å². The van der Waals surface area contributed by atoms with Crippen LogP contribution in [-0.2, 0) is 18.2 Å². The summed E-state index contributed by atoms with van der Waals surface area (Å²) < 4.78 is 27.7. The van der Waals surface area contributed by atoms with Crippen LogP contribution in [0.5, 0.6) is 0 Å². The van der Waals surface area contributed by atoms with E-state index in [0.29, 0.717) is 26.3 Å². The van der Waals surface area contributed by atoms with Gasteiger partial charge in [0.15, 0.2) is 0 Å². The summed E-state index contributed by atoms with van der Waals surface area (Å²) in [5.74, 6) is 0. The van der Waals surface area contributed by atoms with E-state index in [0.717, 1.165) is 19.5 Å². The van der Waals surface area contributed by atoms with Crippen LogP contribution in [0, 0.1) is 0 Å². The Morgan fingerprint density at radius 3 is 2.50 bits per heavy atom. The molecule has 1 saturated heterocycles. The third-order valence-corrected chi connectivity index (χ3v) is 3.54. The van der Waals surface area contributed by atoms with E-state index in [1.165, 1.54) is 0 Å². The Balaban J connectivity index is 2.44. The fraction of sp³-hybridized carbons (Fsp3) is 1.00. The number of phosphoric ester groups is 1. The van der Waals surface area contributed by atoms with Crippen LogP contribution < -0.4 is 5.32 Å². The summed E-state index contributed by atoms with van der Waals surface area (Å²) in [7, 11) is -3.41. The third kappa shape index (κ3) is 4.91. The molecule has 16 heavy (non-hydrogen) atoms. The van der Waals surface area contributed by atoms with Gasteiger partial charge in [0.05, 0.1) is 13.2 Å². The molecule has 0 amide bonds. The van der Waals surface area contributed by atoms with Gasteiger partial charge in [-0.25, -0.2) is 4.57 Å². The SMILES string of the molecule is CCCOP(=O)(OCC)ON1CCNCC1. The highest BCUT2D eigenvalue weighted by molar-refractivity contribution is 7.48. The second-order valence-electron chi connectivity index (χ2n) is 3.46. The average molecular weight is 252 g/mol. The summed E-state index contributed by atoms with van der Waals surface area (Å²) >= 11 is 0. The summed E-state index contributed by atoms with van der Waals surface area (Å²) in [4.78, 5) is 0. The average Bonchev–Trinajstić information content (AvgIpc) is 2.28. The molecule has 1 rings (SSSR count). The highest BCUT2D eigenvalue weighted by atomic mass is 31.2. The van der Waals surface area contributed by atoms with E-state index in [9.17, 15) is 4.57 Å². The Morgan fingerprint density at radius 2 is 1.94 bits per heavy atom. The van der Waals surface area contributed by atoms with Crippen LogP contribution >= 0.6 is 7.82 Å². The van der Waals surface area contributed by atoms with Gasteiger partial charge in [-0.15, -0.1) is 0 Å². The molecule has 1 atom stereocenters. The van der Waals surface area contributed by atoms with Gasteiger partial charge >= 0.3 is 7.82 Å². The van der Waals surface area contributed by atoms with Gasteiger partial charge in [-0.1, -0.05) is 6.92 Å². The largest absolute Gasteiger partial charge is 0.491 e. The summed E-state index contributed by atoms with van der Waals surface area (Å²) in [5, 5.41) is 4.82. The summed E-state index contributed by atoms with van der Waals surface area (Å²) in [6.45, 7) is 7.42. The molecule has 0 aromatic heterocycles. The number of piperazine rings is 1. The first-order valence-electron chi connectivity index (χ1n) is 5.74. The number of hydrogen-bond donors (Lipinski definition) is 1. The molecule has 1 N–H and O–H groups in total. The zero-order valence-corrected chi connectivity index (χ0v) is 10.9. The highest BCUT2D eigenvalue weighted by Crippen LogP contribution is 2.50. The van der Waals surface area contributed by atoms with Gasteiger partial charge in [-0.05, 0) is 13.3 Å². The predicted molar refractivity (Wildman–Crippen MR) is 61.0 cm³/mol. The minimum atomic E-state index is -3.41. The molecule has 1 aliphatic heterocycles. The predicted octanol–water partition coefficient (Wildman–Crippen LogP) is 1.39. The van der Waals surface area contributed by atoms with E-state index in [1.54, 1.807) is 12.0 Å². The lowest BCUT2D eigenvalue weighted by molar-refractivity contribution is -0.0981. The Hall–Kier alpha value is 0.0300. The lowest BCUT2D eigenvalue weighted by Crippen LogP contribution is -2.42. The van der Waals surface area contributed by atoms with Crippen LogP contribution in [-0.4, -0.2) is 44.5 Å². The number of nitrogens with zero attached hydrogens (tertiary/aromatic N) is 1. The number of hydrogen-bond acceptors (Lipinski definition) is 6. The van der Waals surface area contributed by atoms with E-state index in [4.69, 9.17) is 13.7 Å². The van der Waals surface area contributed by atoms with Crippen molar-refractivity contribution in [2.75, 3.05) is 39.4 Å². The smallest absolute Gasteiger partial charge is 0.314 e. The van der Waals surface area contributed by atoms with Crippen molar-refractivity contribution in [2.45, 2.75) is 20.3 Å². The summed E-state index contributed by atoms with van der Waals surface area (Å²) in [5.41, 5.74) is 0. The van der Waals surface area contributed by atoms with E-state index in [2.05, 4.69) is 5.32 Å². The normalized spacial score (nSPS) is 21.9. The first kappa shape index (κ1) is 14.1. The van der Waals surface area contributed by atoms with Crippen LogP contribution in [0.15, 0.2) is 0 Å². The van der Waals surface area contributed by atoms with Crippen LogP contribution in [0.4, 0.5) is 0 Å². The molecule has 6 nitrogen and oxygen atoms in total. The monoisotopic (exact) mass is 252 g/mol. The Labute approximate surface area is 96.8 Å². The molecule has 0 saturated carbocycles. The molecule has 96 valence electrons. The fourth-order valence-electron chi connectivity index (χ4n) is 1.31. The molecule has 1 heterocycles. The minimum Gasteiger partial charge on any atom is -0.314 e. The first-order valence-corrected chi connectivity index (χ1v) is 7.20. The molecular weight excluding hydrogens is 231 g/mol. The van der Waals surface area contributed by atoms with E-state index < -0.39 is 7.82 Å². The van der Waals surface area contributed by atoms with Crippen molar-refractivity contribution < 1.29 is 18.2 Å². The van der Waals surface area contributed by atoms with Crippen LogP contribution in [0.2, 0.25) is 0 Å². The molecule has 0 aromatic carbocycles. The van der Waals surface area contributed by atoms with Crippen molar-refractivity contribution in [1.29, 1.82) is 0 Å². The molecular formula is C9H21N2O4P. The standard InChI is InChI=1S/C9H21N2O4P/c1-3-9-14-16(12,13-4-2)15-11-7-5-10-6-8-11/h10H,3-9H2,1-2H3. The van der Waals surface area contributed by atoms with Gasteiger partial charge in [0.2, 0.25) is 0 Å². The molecule has 0 radical (unpaired) electrons. The lowest BCUT2D eigenvalue weighted by Gasteiger charge is -2.28. The van der Waals surface area contributed by atoms with Crippen molar-refractivity contribution in [1.82, 2.24) is 10.4 Å². The van der Waals surface area contributed by atoms with Crippen molar-refractivity contribution >= 4 is 7.82 Å². The summed E-state index contributed by atoms with van der Waals surface area (Å²) in [6, 6.07) is 0. The zero-order chi connectivity index (χ0) is 11.9. The van der Waals surface area contributed by atoms with Gasteiger partial charge in [0.25, 0.3) is 0 Å². The van der Waals surface area contributed by atoms with Crippen LogP contribution in [0.25, 0.3) is 0 Å². The van der Waals surface area contributed by atoms with E-state index >= 15 is 0 Å². The topological polar surface area (TPSA) is 60.0 Å². The highest BCUT2D eigenvalue weighted by Gasteiger charge is 2.30. The summed E-state index contributed by atoms with van der Waals surface area (Å²) in [6.07, 6.45) is 0.780. The van der Waals surface area contributed by atoms with Crippen LogP contribution in [0.3, 0.4) is 0 Å². The second-order valence-corrected chi connectivity index (χ2v) is 5.03. The Morgan fingerprint density at radius 1 is 1.25 bits per heavy atom. The number of rotatable bonds is 7. The van der Waals surface area contributed by atoms with Gasteiger partial charge in [-0.2, -0.15) is 9.69 Å². The third-order valence-electron chi connectivity index (χ3n) is 2.03. The van der Waals surface area contributed by atoms with Gasteiger partial charge in [0, 0.05) is 26.2 Å². The molecule has 1 fully saturated rings. The fourth-order valence-corrected chi connectivity index (χ4v) is 2.65. The number of hydroxylamine groups is 2. The number of phosphoric acid groups is 1. The minimum absolute atomic E-state index is 0.313. The molecule has 0 bridgehead atoms. The maximum Gasteiger partial charge on any atom is 0.491 e. The maximum absolute atomic E-state index is 12.1. The second kappa shape index (κ2) is 7.37. The van der Waals surface area contributed by atoms with Crippen molar-refractivity contribution in [3.05, 3.63) is 0 Å². The Kier molecular flexibility index (Phi) is 6.49. The van der Waals surface area contributed by atoms with Gasteiger partial charge in [0.1, 0.15) is 0 Å². The van der Waals surface area contributed by atoms with Crippen molar-refractivity contribution in [2.24, 2.45) is 0 Å². The molecule has 1 unspecified atom stereocenters. The molecule has 7 heteroatoms. The van der Waals surface area contributed by atoms with Crippen molar-refractivity contribution in [3.8, 4) is 0 Å². The molecule has 1 aliphatic rings. The Bertz CT molecular complexity index is 234. The van der Waals surface area contributed by atoms with E-state index in [1.807, 2.05) is 6.92 Å².